The molecule has 21 heavy (non-hydrogen) atoms. The minimum atomic E-state index is -3.39. The molecule has 2 N–H and O–H groups in total. The largest absolute Gasteiger partial charge is 0.314 e. The van der Waals surface area contributed by atoms with Gasteiger partial charge in [-0.3, -0.25) is 0 Å². The third-order valence-electron chi connectivity index (χ3n) is 2.97. The minimum absolute atomic E-state index is 0. The zero-order valence-corrected chi connectivity index (χ0v) is 15.4. The van der Waals surface area contributed by atoms with Crippen LogP contribution in [0.5, 0.6) is 0 Å². The van der Waals surface area contributed by atoms with Crippen LogP contribution in [0.3, 0.4) is 0 Å². The SMILES string of the molecule is Cl.Cl.O=S(=O)(NCCCN1CCNCC1)c1ccc(Cl)s1. The summed E-state index contributed by atoms with van der Waals surface area (Å²) in [6, 6.07) is 3.13. The summed E-state index contributed by atoms with van der Waals surface area (Å²) in [6.45, 7) is 5.48. The predicted octanol–water partition coefficient (Wildman–Crippen LogP) is 1.82. The van der Waals surface area contributed by atoms with Crippen LogP contribution in [-0.2, 0) is 10.0 Å². The van der Waals surface area contributed by atoms with Crippen molar-refractivity contribution in [1.29, 1.82) is 0 Å². The second-order valence-electron chi connectivity index (χ2n) is 4.40. The fourth-order valence-electron chi connectivity index (χ4n) is 1.96. The molecule has 10 heteroatoms. The zero-order chi connectivity index (χ0) is 13.7. The Bertz CT molecular complexity index is 505. The molecule has 0 spiro atoms. The maximum absolute atomic E-state index is 11.9. The van der Waals surface area contributed by atoms with E-state index in [1.165, 1.54) is 6.07 Å². The van der Waals surface area contributed by atoms with Crippen molar-refractivity contribution in [2.24, 2.45) is 0 Å². The smallest absolute Gasteiger partial charge is 0.250 e. The Balaban J connectivity index is 0.00000200. The summed E-state index contributed by atoms with van der Waals surface area (Å²) in [7, 11) is -3.39. The van der Waals surface area contributed by atoms with E-state index < -0.39 is 10.0 Å². The molecule has 1 saturated heterocycles. The summed E-state index contributed by atoms with van der Waals surface area (Å²) in [5.74, 6) is 0. The van der Waals surface area contributed by atoms with E-state index in [2.05, 4.69) is 14.9 Å². The molecule has 0 aliphatic carbocycles. The number of halogens is 3. The van der Waals surface area contributed by atoms with Gasteiger partial charge in [0.05, 0.1) is 4.34 Å². The van der Waals surface area contributed by atoms with Gasteiger partial charge < -0.3 is 10.2 Å². The van der Waals surface area contributed by atoms with Crippen molar-refractivity contribution in [2.45, 2.75) is 10.6 Å². The highest BCUT2D eigenvalue weighted by Gasteiger charge is 2.16. The molecule has 2 heterocycles. The number of nitrogens with one attached hydrogen (secondary N) is 2. The molecule has 1 aliphatic heterocycles. The van der Waals surface area contributed by atoms with Gasteiger partial charge in [0.2, 0.25) is 10.0 Å². The van der Waals surface area contributed by atoms with E-state index in [0.717, 1.165) is 50.5 Å². The molecule has 1 aromatic heterocycles. The lowest BCUT2D eigenvalue weighted by Gasteiger charge is -2.26. The summed E-state index contributed by atoms with van der Waals surface area (Å²) in [4.78, 5) is 2.34. The lowest BCUT2D eigenvalue weighted by atomic mass is 10.3. The molecule has 0 atom stereocenters. The van der Waals surface area contributed by atoms with Crippen molar-refractivity contribution in [3.05, 3.63) is 16.5 Å². The minimum Gasteiger partial charge on any atom is -0.314 e. The Morgan fingerprint density at radius 2 is 1.95 bits per heavy atom. The van der Waals surface area contributed by atoms with Crippen molar-refractivity contribution in [3.63, 3.8) is 0 Å². The molecule has 0 amide bonds. The molecular weight excluding hydrogens is 377 g/mol. The molecule has 1 aliphatic rings. The van der Waals surface area contributed by atoms with E-state index >= 15 is 0 Å². The van der Waals surface area contributed by atoms with Gasteiger partial charge >= 0.3 is 0 Å². The first-order valence-corrected chi connectivity index (χ1v) is 8.94. The van der Waals surface area contributed by atoms with Crippen LogP contribution in [0, 0.1) is 0 Å². The Kier molecular flexibility index (Phi) is 10.4. The van der Waals surface area contributed by atoms with Crippen LogP contribution in [0.15, 0.2) is 16.3 Å². The fraction of sp³-hybridized carbons (Fsp3) is 0.636. The van der Waals surface area contributed by atoms with Crippen molar-refractivity contribution in [1.82, 2.24) is 14.9 Å². The highest BCUT2D eigenvalue weighted by atomic mass is 35.5. The van der Waals surface area contributed by atoms with Crippen LogP contribution >= 0.6 is 47.8 Å². The maximum atomic E-state index is 11.9. The topological polar surface area (TPSA) is 61.4 Å². The van der Waals surface area contributed by atoms with Gasteiger partial charge in [-0.25, -0.2) is 13.1 Å². The van der Waals surface area contributed by atoms with Crippen LogP contribution < -0.4 is 10.0 Å². The normalized spacial score (nSPS) is 16.0. The average Bonchev–Trinajstić information content (AvgIpc) is 2.84. The van der Waals surface area contributed by atoms with Crippen LogP contribution in [0.25, 0.3) is 0 Å². The highest BCUT2D eigenvalue weighted by molar-refractivity contribution is 7.91. The molecule has 2 rings (SSSR count). The summed E-state index contributed by atoms with van der Waals surface area (Å²) >= 11 is 6.82. The van der Waals surface area contributed by atoms with Crippen molar-refractivity contribution < 1.29 is 8.42 Å². The molecule has 1 aromatic rings. The van der Waals surface area contributed by atoms with E-state index in [1.54, 1.807) is 6.07 Å². The monoisotopic (exact) mass is 395 g/mol. The fourth-order valence-corrected chi connectivity index (χ4v) is 4.56. The zero-order valence-electron chi connectivity index (χ0n) is 11.4. The molecule has 0 saturated carbocycles. The number of piperazine rings is 1. The molecule has 0 radical (unpaired) electrons. The molecule has 0 bridgehead atoms. The van der Waals surface area contributed by atoms with Crippen molar-refractivity contribution in [3.8, 4) is 0 Å². The van der Waals surface area contributed by atoms with E-state index in [4.69, 9.17) is 11.6 Å². The molecule has 124 valence electrons. The van der Waals surface area contributed by atoms with Crippen LogP contribution in [0.4, 0.5) is 0 Å². The van der Waals surface area contributed by atoms with E-state index in [-0.39, 0.29) is 29.0 Å². The summed E-state index contributed by atoms with van der Waals surface area (Å²) in [5.41, 5.74) is 0. The van der Waals surface area contributed by atoms with Gasteiger partial charge in [0.25, 0.3) is 0 Å². The van der Waals surface area contributed by atoms with Gasteiger partial charge in [-0.1, -0.05) is 11.6 Å². The number of sulfonamides is 1. The first-order valence-electron chi connectivity index (χ1n) is 6.26. The van der Waals surface area contributed by atoms with Gasteiger partial charge in [0.1, 0.15) is 4.21 Å². The second kappa shape index (κ2) is 10.2. The van der Waals surface area contributed by atoms with Gasteiger partial charge in [-0.2, -0.15) is 0 Å². The van der Waals surface area contributed by atoms with Gasteiger partial charge in [-0.15, -0.1) is 36.2 Å². The van der Waals surface area contributed by atoms with Crippen LogP contribution in [-0.4, -0.2) is 52.6 Å². The summed E-state index contributed by atoms with van der Waals surface area (Å²) < 4.78 is 27.2. The number of hydrogen-bond donors (Lipinski definition) is 2. The molecule has 0 aromatic carbocycles. The van der Waals surface area contributed by atoms with E-state index in [9.17, 15) is 8.42 Å². The third kappa shape index (κ3) is 7.00. The van der Waals surface area contributed by atoms with Crippen LogP contribution in [0.1, 0.15) is 6.42 Å². The average molecular weight is 397 g/mol. The Hall–Kier alpha value is 0.400. The van der Waals surface area contributed by atoms with E-state index in [1.807, 2.05) is 0 Å². The lowest BCUT2D eigenvalue weighted by molar-refractivity contribution is 0.239. The summed E-state index contributed by atoms with van der Waals surface area (Å²) in [6.07, 6.45) is 0.818. The van der Waals surface area contributed by atoms with Crippen LogP contribution in [0.2, 0.25) is 4.34 Å². The summed E-state index contributed by atoms with van der Waals surface area (Å²) in [5, 5.41) is 3.29. The number of rotatable bonds is 6. The number of hydrogen-bond acceptors (Lipinski definition) is 5. The number of nitrogens with zero attached hydrogens (tertiary/aromatic N) is 1. The quantitative estimate of drug-likeness (QED) is 0.720. The maximum Gasteiger partial charge on any atom is 0.250 e. The second-order valence-corrected chi connectivity index (χ2v) is 8.11. The highest BCUT2D eigenvalue weighted by Crippen LogP contribution is 2.25. The Labute approximate surface area is 147 Å². The Morgan fingerprint density at radius 3 is 2.52 bits per heavy atom. The van der Waals surface area contributed by atoms with E-state index in [0.29, 0.717) is 10.9 Å². The Morgan fingerprint density at radius 1 is 1.29 bits per heavy atom. The molecule has 1 fully saturated rings. The third-order valence-corrected chi connectivity index (χ3v) is 6.15. The van der Waals surface area contributed by atoms with Gasteiger partial charge in [-0.05, 0) is 25.1 Å². The molecule has 5 nitrogen and oxygen atoms in total. The van der Waals surface area contributed by atoms with Crippen molar-refractivity contribution >= 4 is 57.8 Å². The standard InChI is InChI=1S/C11H18ClN3O2S2.2ClH/c12-10-2-3-11(18-10)19(16,17)14-4-1-7-15-8-5-13-6-9-15;;/h2-3,13-14H,1,4-9H2;2*1H. The molecule has 0 unspecified atom stereocenters. The van der Waals surface area contributed by atoms with Gasteiger partial charge in [0, 0.05) is 32.7 Å². The lowest BCUT2D eigenvalue weighted by Crippen LogP contribution is -2.44. The first kappa shape index (κ1) is 21.4. The predicted molar refractivity (Wildman–Crippen MR) is 92.9 cm³/mol. The van der Waals surface area contributed by atoms with Crippen molar-refractivity contribution in [2.75, 3.05) is 39.3 Å². The first-order chi connectivity index (χ1) is 9.08. The van der Waals surface area contributed by atoms with Gasteiger partial charge in [0.15, 0.2) is 0 Å². The molecular formula is C11H20Cl3N3O2S2. The number of thiophene rings is 1.